The summed E-state index contributed by atoms with van der Waals surface area (Å²) in [6.45, 7) is 0. The minimum atomic E-state index is -0.528. The standard InChI is InChI=1S/C21H21NO7/c1-22(2)21(24)28-13-7-8-14-16(11-13)29-17(18(14)23)10-12-6-9-15(25-3)20(27-5)19(12)26-4/h6-11H,1-5H3. The predicted molar refractivity (Wildman–Crippen MR) is 105 cm³/mol. The molecule has 1 amide bonds. The summed E-state index contributed by atoms with van der Waals surface area (Å²) in [5.41, 5.74) is 0.959. The van der Waals surface area contributed by atoms with Crippen LogP contribution in [0.3, 0.4) is 0 Å². The molecule has 0 radical (unpaired) electrons. The van der Waals surface area contributed by atoms with Gasteiger partial charge in [0.25, 0.3) is 0 Å². The Kier molecular flexibility index (Phi) is 5.63. The van der Waals surface area contributed by atoms with Gasteiger partial charge in [0.1, 0.15) is 11.5 Å². The highest BCUT2D eigenvalue weighted by atomic mass is 16.6. The van der Waals surface area contributed by atoms with Gasteiger partial charge in [0.05, 0.1) is 26.9 Å². The van der Waals surface area contributed by atoms with Crippen LogP contribution in [0.5, 0.6) is 28.7 Å². The number of carbonyl (C=O) groups excluding carboxylic acids is 2. The van der Waals surface area contributed by atoms with Crippen LogP contribution in [0.4, 0.5) is 4.79 Å². The molecular weight excluding hydrogens is 378 g/mol. The van der Waals surface area contributed by atoms with Crippen molar-refractivity contribution in [2.24, 2.45) is 0 Å². The molecule has 3 rings (SSSR count). The van der Waals surface area contributed by atoms with Crippen LogP contribution < -0.4 is 23.7 Å². The molecule has 0 spiro atoms. The lowest BCUT2D eigenvalue weighted by Crippen LogP contribution is -2.25. The van der Waals surface area contributed by atoms with Gasteiger partial charge in [-0.25, -0.2) is 4.79 Å². The number of rotatable bonds is 5. The Balaban J connectivity index is 1.94. The molecule has 0 saturated heterocycles. The van der Waals surface area contributed by atoms with Crippen molar-refractivity contribution in [1.29, 1.82) is 0 Å². The quantitative estimate of drug-likeness (QED) is 0.713. The van der Waals surface area contributed by atoms with E-state index in [1.165, 1.54) is 32.3 Å². The van der Waals surface area contributed by atoms with E-state index in [2.05, 4.69) is 0 Å². The van der Waals surface area contributed by atoms with Crippen molar-refractivity contribution in [3.63, 3.8) is 0 Å². The highest BCUT2D eigenvalue weighted by Crippen LogP contribution is 2.42. The topological polar surface area (TPSA) is 83.5 Å². The average Bonchev–Trinajstić information content (AvgIpc) is 3.02. The molecule has 0 atom stereocenters. The number of hydrogen-bond acceptors (Lipinski definition) is 7. The Morgan fingerprint density at radius 1 is 1.00 bits per heavy atom. The van der Waals surface area contributed by atoms with Crippen molar-refractivity contribution in [3.05, 3.63) is 47.2 Å². The highest BCUT2D eigenvalue weighted by molar-refractivity contribution is 6.14. The Bertz CT molecular complexity index is 995. The fraction of sp³-hybridized carbons (Fsp3) is 0.238. The van der Waals surface area contributed by atoms with Gasteiger partial charge >= 0.3 is 6.09 Å². The monoisotopic (exact) mass is 399 g/mol. The molecule has 0 aliphatic carbocycles. The summed E-state index contributed by atoms with van der Waals surface area (Å²) in [5, 5.41) is 0. The Morgan fingerprint density at radius 2 is 1.72 bits per heavy atom. The molecule has 8 heteroatoms. The molecule has 1 aliphatic heterocycles. The third-order valence-electron chi connectivity index (χ3n) is 4.23. The summed E-state index contributed by atoms with van der Waals surface area (Å²) < 4.78 is 27.0. The summed E-state index contributed by atoms with van der Waals surface area (Å²) in [5.74, 6) is 1.73. The van der Waals surface area contributed by atoms with E-state index in [9.17, 15) is 9.59 Å². The van der Waals surface area contributed by atoms with Gasteiger partial charge in [-0.15, -0.1) is 0 Å². The molecule has 0 bridgehead atoms. The zero-order valence-corrected chi connectivity index (χ0v) is 16.8. The first-order valence-electron chi connectivity index (χ1n) is 8.66. The lowest BCUT2D eigenvalue weighted by molar-refractivity contribution is 0.101. The second-order valence-corrected chi connectivity index (χ2v) is 6.28. The molecule has 29 heavy (non-hydrogen) atoms. The number of Topliss-reactive ketones (excluding diaryl/α,β-unsaturated/α-hetero) is 1. The normalized spacial score (nSPS) is 13.6. The van der Waals surface area contributed by atoms with E-state index < -0.39 is 6.09 Å². The molecule has 152 valence electrons. The van der Waals surface area contributed by atoms with Gasteiger partial charge in [-0.1, -0.05) is 0 Å². The number of methoxy groups -OCH3 is 3. The van der Waals surface area contributed by atoms with Crippen molar-refractivity contribution >= 4 is 18.0 Å². The summed E-state index contributed by atoms with van der Waals surface area (Å²) in [4.78, 5) is 25.7. The lowest BCUT2D eigenvalue weighted by Gasteiger charge is -2.14. The first-order valence-corrected chi connectivity index (χ1v) is 8.66. The molecule has 8 nitrogen and oxygen atoms in total. The number of fused-ring (bicyclic) bond motifs is 1. The smallest absolute Gasteiger partial charge is 0.414 e. The maximum atomic E-state index is 12.7. The van der Waals surface area contributed by atoms with Crippen molar-refractivity contribution in [2.45, 2.75) is 0 Å². The van der Waals surface area contributed by atoms with E-state index in [1.807, 2.05) is 0 Å². The van der Waals surface area contributed by atoms with Crippen LogP contribution in [-0.2, 0) is 0 Å². The average molecular weight is 399 g/mol. The van der Waals surface area contributed by atoms with E-state index >= 15 is 0 Å². The SMILES string of the molecule is COc1ccc(C=C2Oc3cc(OC(=O)N(C)C)ccc3C2=O)c(OC)c1OC. The van der Waals surface area contributed by atoms with Crippen LogP contribution in [0.1, 0.15) is 15.9 Å². The number of amides is 1. The molecule has 0 aromatic heterocycles. The van der Waals surface area contributed by atoms with Gasteiger partial charge in [-0.3, -0.25) is 4.79 Å². The molecule has 1 heterocycles. The van der Waals surface area contributed by atoms with Crippen molar-refractivity contribution in [2.75, 3.05) is 35.4 Å². The van der Waals surface area contributed by atoms with E-state index in [4.69, 9.17) is 23.7 Å². The fourth-order valence-electron chi connectivity index (χ4n) is 2.80. The summed E-state index contributed by atoms with van der Waals surface area (Å²) >= 11 is 0. The Labute approximate surface area is 168 Å². The van der Waals surface area contributed by atoms with Crippen molar-refractivity contribution in [3.8, 4) is 28.7 Å². The minimum Gasteiger partial charge on any atom is -0.493 e. The second-order valence-electron chi connectivity index (χ2n) is 6.28. The van der Waals surface area contributed by atoms with Crippen LogP contribution >= 0.6 is 0 Å². The maximum Gasteiger partial charge on any atom is 0.414 e. The zero-order chi connectivity index (χ0) is 21.1. The molecule has 0 N–H and O–H groups in total. The van der Waals surface area contributed by atoms with Crippen LogP contribution in [0.2, 0.25) is 0 Å². The van der Waals surface area contributed by atoms with E-state index in [0.717, 1.165) is 0 Å². The van der Waals surface area contributed by atoms with Crippen molar-refractivity contribution < 1.29 is 33.3 Å². The molecule has 2 aromatic carbocycles. The molecule has 0 unspecified atom stereocenters. The number of allylic oxidation sites excluding steroid dienone is 1. The number of hydrogen-bond donors (Lipinski definition) is 0. The van der Waals surface area contributed by atoms with E-state index in [-0.39, 0.29) is 17.3 Å². The predicted octanol–water partition coefficient (Wildman–Crippen LogP) is 3.39. The van der Waals surface area contributed by atoms with Crippen LogP contribution in [0.15, 0.2) is 36.1 Å². The third-order valence-corrected chi connectivity index (χ3v) is 4.23. The molecule has 0 fully saturated rings. The van der Waals surface area contributed by atoms with Gasteiger partial charge < -0.3 is 28.6 Å². The number of carbonyl (C=O) groups is 2. The second kappa shape index (κ2) is 8.14. The third kappa shape index (κ3) is 3.82. The zero-order valence-electron chi connectivity index (χ0n) is 16.8. The van der Waals surface area contributed by atoms with E-state index in [1.54, 1.807) is 44.4 Å². The van der Waals surface area contributed by atoms with E-state index in [0.29, 0.717) is 34.1 Å². The molecular formula is C21H21NO7. The summed E-state index contributed by atoms with van der Waals surface area (Å²) in [6, 6.07) is 8.04. The molecule has 1 aliphatic rings. The van der Waals surface area contributed by atoms with Crippen LogP contribution in [-0.4, -0.2) is 52.2 Å². The van der Waals surface area contributed by atoms with Gasteiger partial charge in [0.2, 0.25) is 11.5 Å². The maximum absolute atomic E-state index is 12.7. The fourth-order valence-corrected chi connectivity index (χ4v) is 2.80. The summed E-state index contributed by atoms with van der Waals surface area (Å²) in [7, 11) is 7.67. The van der Waals surface area contributed by atoms with Crippen LogP contribution in [0, 0.1) is 0 Å². The summed E-state index contributed by atoms with van der Waals surface area (Å²) in [6.07, 6.45) is 1.04. The highest BCUT2D eigenvalue weighted by Gasteiger charge is 2.29. The lowest BCUT2D eigenvalue weighted by atomic mass is 10.1. The van der Waals surface area contributed by atoms with Crippen molar-refractivity contribution in [1.82, 2.24) is 4.90 Å². The number of ether oxygens (including phenoxy) is 5. The molecule has 0 saturated carbocycles. The first kappa shape index (κ1) is 20.1. The largest absolute Gasteiger partial charge is 0.493 e. The van der Waals surface area contributed by atoms with Gasteiger partial charge in [0, 0.05) is 25.7 Å². The first-order chi connectivity index (χ1) is 13.9. The molecule has 2 aromatic rings. The van der Waals surface area contributed by atoms with Crippen LogP contribution in [0.25, 0.3) is 6.08 Å². The Hall–Kier alpha value is -3.68. The number of ketones is 1. The Morgan fingerprint density at radius 3 is 2.34 bits per heavy atom. The number of benzene rings is 2. The van der Waals surface area contributed by atoms with Gasteiger partial charge in [-0.05, 0) is 30.3 Å². The van der Waals surface area contributed by atoms with Gasteiger partial charge in [-0.2, -0.15) is 0 Å². The van der Waals surface area contributed by atoms with Gasteiger partial charge in [0.15, 0.2) is 17.3 Å². The minimum absolute atomic E-state index is 0.113. The number of nitrogens with zero attached hydrogens (tertiary/aromatic N) is 1.